The Kier molecular flexibility index (Phi) is 12.2. The van der Waals surface area contributed by atoms with Crippen LogP contribution in [0.2, 0.25) is 0 Å². The lowest BCUT2D eigenvalue weighted by Crippen LogP contribution is -2.44. The number of aromatic nitrogens is 1. The summed E-state index contributed by atoms with van der Waals surface area (Å²) >= 11 is 0. The third kappa shape index (κ3) is 7.68. The number of aliphatic hydroxyl groups is 4. The average molecular weight is 857 g/mol. The lowest BCUT2D eigenvalue weighted by molar-refractivity contribution is -0.112. The van der Waals surface area contributed by atoms with Gasteiger partial charge in [-0.15, -0.1) is 0 Å². The second-order valence-corrected chi connectivity index (χ2v) is 17.3. The van der Waals surface area contributed by atoms with Crippen molar-refractivity contribution in [1.82, 2.24) is 4.98 Å². The molecule has 1 fully saturated rings. The van der Waals surface area contributed by atoms with E-state index < -0.39 is 82.1 Å². The molecule has 7 rings (SSSR count). The third-order valence-electron chi connectivity index (χ3n) is 13.1. The van der Waals surface area contributed by atoms with Crippen LogP contribution in [-0.4, -0.2) is 92.9 Å². The van der Waals surface area contributed by atoms with E-state index in [1.807, 2.05) is 4.90 Å². The first kappa shape index (κ1) is 44.5. The molecule has 9 atom stereocenters. The fourth-order valence-corrected chi connectivity index (χ4v) is 8.83. The van der Waals surface area contributed by atoms with Crippen molar-refractivity contribution in [3.63, 3.8) is 0 Å². The maximum absolute atomic E-state index is 14.8. The number of nitrogens with one attached hydrogen (secondary N) is 1. The smallest absolute Gasteiger partial charge is 0.307 e. The second kappa shape index (κ2) is 17.0. The molecule has 1 amide bonds. The van der Waals surface area contributed by atoms with E-state index in [-0.39, 0.29) is 66.8 Å². The number of phenolic OH excluding ortho intramolecular Hbond substituents is 1. The summed E-state index contributed by atoms with van der Waals surface area (Å²) in [5.74, 6) is -6.23. The fourth-order valence-electron chi connectivity index (χ4n) is 8.83. The predicted molar refractivity (Wildman–Crippen MR) is 235 cm³/mol. The minimum atomic E-state index is -1.95. The number of anilines is 2. The summed E-state index contributed by atoms with van der Waals surface area (Å²) in [5, 5.41) is 60.0. The molecule has 16 nitrogen and oxygen atoms in total. The summed E-state index contributed by atoms with van der Waals surface area (Å²) in [6, 6.07) is 3.12. The molecular formula is C46H56N4O12. The van der Waals surface area contributed by atoms with Crippen LogP contribution in [0.15, 0.2) is 62.3 Å². The standard InChI is InChI=1S/C46H56N4O12/c1-20-10-9-11-21(2)45(58)49-36-41(56)32-31(35-43(36)61-30-19-27(18-28(51)34(30)48-35)50-15-12-26(47)13-16-50)33-42(25(6)40(32)55)62-46(7,44(33)57)60-17-14-29(59-8)22(3)38(53)24(5)39(54)23(4)37(20)52/h9-11,14,17-20,22-24,26,29,37-39,52-55,57H,12-13,15-16,47H2,1-8H3,(H,49,58)/t20-,22+,23+,24-,29-,37-,38+,39+,46-/m0/s1. The van der Waals surface area contributed by atoms with Gasteiger partial charge in [-0.1, -0.05) is 45.9 Å². The molecule has 4 heterocycles. The Morgan fingerprint density at radius 1 is 0.919 bits per heavy atom. The number of hydrogen-bond donors (Lipinski definition) is 7. The van der Waals surface area contributed by atoms with Gasteiger partial charge in [-0.2, -0.15) is 0 Å². The minimum absolute atomic E-state index is 0.0246. The Hall–Kier alpha value is -5.52. The van der Waals surface area contributed by atoms with Crippen molar-refractivity contribution in [3.05, 3.63) is 79.5 Å². The first-order valence-electron chi connectivity index (χ1n) is 20.9. The van der Waals surface area contributed by atoms with Gasteiger partial charge in [-0.25, -0.2) is 4.98 Å². The number of rotatable bonds is 2. The normalized spacial score (nSPS) is 29.4. The number of nitrogens with two attached hydrogens (primary N) is 1. The van der Waals surface area contributed by atoms with Gasteiger partial charge in [-0.05, 0) is 32.8 Å². The van der Waals surface area contributed by atoms with E-state index in [0.717, 1.165) is 0 Å². The summed E-state index contributed by atoms with van der Waals surface area (Å²) in [5.41, 5.74) is 4.72. The quantitative estimate of drug-likeness (QED) is 0.112. The van der Waals surface area contributed by atoms with Crippen LogP contribution in [0, 0.1) is 30.6 Å². The van der Waals surface area contributed by atoms with Crippen molar-refractivity contribution in [2.24, 2.45) is 29.4 Å². The molecule has 3 aliphatic rings. The van der Waals surface area contributed by atoms with Crippen LogP contribution >= 0.6 is 0 Å². The number of benzene rings is 3. The Balaban J connectivity index is 1.49. The maximum Gasteiger partial charge on any atom is 0.307 e. The summed E-state index contributed by atoms with van der Waals surface area (Å²) in [6.45, 7) is 12.5. The number of aliphatic hydroxyl groups excluding tert-OH is 4. The summed E-state index contributed by atoms with van der Waals surface area (Å²) < 4.78 is 24.4. The summed E-state index contributed by atoms with van der Waals surface area (Å²) in [7, 11) is 1.44. The summed E-state index contributed by atoms with van der Waals surface area (Å²) in [6.07, 6.45) is 4.88. The van der Waals surface area contributed by atoms with E-state index in [2.05, 4.69) is 5.32 Å². The first-order chi connectivity index (χ1) is 29.3. The van der Waals surface area contributed by atoms with Crippen LogP contribution in [0.1, 0.15) is 59.9 Å². The molecule has 1 saturated heterocycles. The third-order valence-corrected chi connectivity index (χ3v) is 13.1. The zero-order valence-electron chi connectivity index (χ0n) is 36.1. The average Bonchev–Trinajstić information content (AvgIpc) is 3.52. The van der Waals surface area contributed by atoms with Gasteiger partial charge in [0, 0.05) is 91.2 Å². The number of amides is 1. The number of hydrogen-bond acceptors (Lipinski definition) is 15. The van der Waals surface area contributed by atoms with Crippen molar-refractivity contribution in [3.8, 4) is 11.5 Å². The molecule has 0 saturated carbocycles. The van der Waals surface area contributed by atoms with Gasteiger partial charge < -0.3 is 60.1 Å². The Bertz CT molecular complexity index is 2700. The van der Waals surface area contributed by atoms with Crippen LogP contribution in [-0.2, 0) is 14.3 Å². The Labute approximate surface area is 357 Å². The SMILES string of the molecule is CO[C@H]1C=CO[C@@]2(C)Oc3c(C)c(O)c4c(=O)c(c5oc6cc(N7CCC(N)CC7)cc(=O)c6nc5c4c3=C2O)NC(=O)C(C)=CC=C[C@H](C)[C@H](O)[C@@H](C)[C@@H](O)[C@@H](C)[C@H](O)[C@@H]1C. The lowest BCUT2D eigenvalue weighted by atomic mass is 9.78. The number of allylic oxidation sites excluding steroid dienone is 2. The number of carbonyl (C=O) groups is 1. The highest BCUT2D eigenvalue weighted by Crippen LogP contribution is 2.42. The van der Waals surface area contributed by atoms with E-state index in [4.69, 9.17) is 29.3 Å². The molecule has 16 heteroatoms. The van der Waals surface area contributed by atoms with Crippen LogP contribution in [0.4, 0.5) is 11.4 Å². The number of ether oxygens (including phenoxy) is 3. The topological polar surface area (TPSA) is 247 Å². The van der Waals surface area contributed by atoms with E-state index in [9.17, 15) is 39.9 Å². The van der Waals surface area contributed by atoms with Crippen LogP contribution in [0.5, 0.6) is 11.5 Å². The number of carbonyl (C=O) groups excluding carboxylic acids is 1. The van der Waals surface area contributed by atoms with Crippen LogP contribution in [0.3, 0.4) is 0 Å². The van der Waals surface area contributed by atoms with Gasteiger partial charge in [0.05, 0.1) is 41.3 Å². The number of fused-ring (bicyclic) bond motifs is 2. The van der Waals surface area contributed by atoms with Crippen molar-refractivity contribution in [2.75, 3.05) is 30.4 Å². The number of piperidine rings is 1. The van der Waals surface area contributed by atoms with Gasteiger partial charge in [0.25, 0.3) is 5.91 Å². The molecule has 332 valence electrons. The van der Waals surface area contributed by atoms with E-state index in [1.165, 1.54) is 52.4 Å². The molecule has 4 aromatic rings. The van der Waals surface area contributed by atoms with Crippen molar-refractivity contribution < 1.29 is 49.0 Å². The monoisotopic (exact) mass is 856 g/mol. The highest BCUT2D eigenvalue weighted by molar-refractivity contribution is 6.16. The number of nitrogens with zero attached hydrogens (tertiary/aromatic N) is 2. The molecular weight excluding hydrogens is 801 g/mol. The highest BCUT2D eigenvalue weighted by atomic mass is 16.7. The fraction of sp³-hybridized carbons (Fsp3) is 0.478. The Morgan fingerprint density at radius 2 is 1.58 bits per heavy atom. The van der Waals surface area contributed by atoms with E-state index in [0.29, 0.717) is 31.6 Å². The molecule has 0 spiro atoms. The van der Waals surface area contributed by atoms with Gasteiger partial charge in [0.15, 0.2) is 22.4 Å². The zero-order chi connectivity index (χ0) is 45.1. The molecule has 62 heavy (non-hydrogen) atoms. The van der Waals surface area contributed by atoms with Crippen molar-refractivity contribution >= 4 is 56.0 Å². The number of methoxy groups -OCH3 is 1. The van der Waals surface area contributed by atoms with Gasteiger partial charge in [0.1, 0.15) is 22.7 Å². The largest absolute Gasteiger partial charge is 0.507 e. The predicted octanol–water partition coefficient (Wildman–Crippen LogP) is 3.92. The van der Waals surface area contributed by atoms with Crippen LogP contribution in [0.25, 0.3) is 38.7 Å². The van der Waals surface area contributed by atoms with Crippen LogP contribution < -0.4 is 36.8 Å². The molecule has 0 unspecified atom stereocenters. The lowest BCUT2D eigenvalue weighted by Gasteiger charge is -2.36. The zero-order valence-corrected chi connectivity index (χ0v) is 36.1. The highest BCUT2D eigenvalue weighted by Gasteiger charge is 2.44. The van der Waals surface area contributed by atoms with Gasteiger partial charge in [-0.3, -0.25) is 14.4 Å². The van der Waals surface area contributed by atoms with Crippen molar-refractivity contribution in [1.29, 1.82) is 0 Å². The molecule has 0 aliphatic carbocycles. The number of aromatic hydroxyl groups is 1. The molecule has 3 aliphatic heterocycles. The second-order valence-electron chi connectivity index (χ2n) is 17.3. The minimum Gasteiger partial charge on any atom is -0.507 e. The summed E-state index contributed by atoms with van der Waals surface area (Å²) in [4.78, 5) is 49.3. The molecule has 1 aromatic heterocycles. The molecule has 0 radical (unpaired) electrons. The van der Waals surface area contributed by atoms with Crippen molar-refractivity contribution in [2.45, 2.75) is 97.6 Å². The maximum atomic E-state index is 14.8. The Morgan fingerprint density at radius 3 is 2.26 bits per heavy atom. The van der Waals surface area contributed by atoms with E-state index >= 15 is 0 Å². The molecule has 3 aromatic carbocycles. The first-order valence-corrected chi connectivity index (χ1v) is 20.9. The van der Waals surface area contributed by atoms with E-state index in [1.54, 1.807) is 45.9 Å². The number of phenols is 1. The van der Waals surface area contributed by atoms with Gasteiger partial charge in [0.2, 0.25) is 10.9 Å². The molecule has 8 N–H and O–H groups in total. The molecule has 4 bridgehead atoms. The van der Waals surface area contributed by atoms with Gasteiger partial charge >= 0.3 is 5.79 Å².